The molecule has 0 saturated carbocycles. The van der Waals surface area contributed by atoms with Gasteiger partial charge < -0.3 is 9.80 Å². The number of imide groups is 1. The van der Waals surface area contributed by atoms with E-state index in [0.29, 0.717) is 12.8 Å². The summed E-state index contributed by atoms with van der Waals surface area (Å²) in [5, 5.41) is 2.37. The van der Waals surface area contributed by atoms with Crippen molar-refractivity contribution in [2.45, 2.75) is 46.1 Å². The number of rotatable bonds is 5. The minimum Gasteiger partial charge on any atom is -0.361 e. The molecule has 6 heteroatoms. The van der Waals surface area contributed by atoms with Crippen LogP contribution in [0.1, 0.15) is 39.2 Å². The van der Waals surface area contributed by atoms with Gasteiger partial charge in [0.15, 0.2) is 0 Å². The molecular formula is C18H27N3O3. The minimum atomic E-state index is -0.413. The smallest absolute Gasteiger partial charge is 0.249 e. The lowest BCUT2D eigenvalue weighted by Crippen LogP contribution is -2.51. The summed E-state index contributed by atoms with van der Waals surface area (Å²) in [6.07, 6.45) is 2.34. The lowest BCUT2D eigenvalue weighted by molar-refractivity contribution is -0.134. The molecule has 132 valence electrons. The molecule has 0 aromatic heterocycles. The van der Waals surface area contributed by atoms with Crippen LogP contribution in [-0.4, -0.2) is 38.4 Å². The highest BCUT2D eigenvalue weighted by Crippen LogP contribution is 2.33. The Balaban J connectivity index is 0.00000139. The van der Waals surface area contributed by atoms with E-state index >= 15 is 0 Å². The number of hydrogen-bond donors (Lipinski definition) is 1. The van der Waals surface area contributed by atoms with Gasteiger partial charge in [-0.15, -0.1) is 0 Å². The van der Waals surface area contributed by atoms with Gasteiger partial charge in [0.25, 0.3) is 0 Å². The predicted octanol–water partition coefficient (Wildman–Crippen LogP) is 2.11. The molecule has 0 spiro atoms. The van der Waals surface area contributed by atoms with Crippen molar-refractivity contribution < 1.29 is 14.4 Å². The van der Waals surface area contributed by atoms with Crippen LogP contribution in [0.5, 0.6) is 0 Å². The number of benzene rings is 1. The Morgan fingerprint density at radius 1 is 1.25 bits per heavy atom. The molecule has 1 aromatic rings. The quantitative estimate of drug-likeness (QED) is 0.662. The van der Waals surface area contributed by atoms with Crippen molar-refractivity contribution in [3.63, 3.8) is 0 Å². The topological polar surface area (TPSA) is 69.7 Å². The highest BCUT2D eigenvalue weighted by atomic mass is 16.2. The molecule has 1 aliphatic heterocycles. The summed E-state index contributed by atoms with van der Waals surface area (Å²) in [5.74, 6) is -0.525. The lowest BCUT2D eigenvalue weighted by Gasteiger charge is -2.34. The van der Waals surface area contributed by atoms with Gasteiger partial charge in [-0.2, -0.15) is 0 Å². The SMILES string of the molecule is CC.CCc1cccc(N(C)C2CCC(=O)NC2=O)c1N(C)C=O. The summed E-state index contributed by atoms with van der Waals surface area (Å²) in [6.45, 7) is 6.02. The lowest BCUT2D eigenvalue weighted by atomic mass is 10.0. The fourth-order valence-electron chi connectivity index (χ4n) is 2.83. The molecule has 1 aliphatic rings. The molecule has 1 atom stereocenters. The van der Waals surface area contributed by atoms with E-state index in [4.69, 9.17) is 0 Å². The van der Waals surface area contributed by atoms with Gasteiger partial charge in [0.2, 0.25) is 18.2 Å². The van der Waals surface area contributed by atoms with Crippen molar-refractivity contribution in [3.8, 4) is 0 Å². The number of amides is 3. The summed E-state index contributed by atoms with van der Waals surface area (Å²) < 4.78 is 0. The highest BCUT2D eigenvalue weighted by molar-refractivity contribution is 6.02. The number of carbonyl (C=O) groups excluding carboxylic acids is 3. The summed E-state index contributed by atoms with van der Waals surface area (Å²) in [7, 11) is 3.51. The van der Waals surface area contributed by atoms with Gasteiger partial charge in [-0.25, -0.2) is 0 Å². The number of piperidine rings is 1. The Kier molecular flexibility index (Phi) is 7.42. The van der Waals surface area contributed by atoms with E-state index in [1.54, 1.807) is 7.05 Å². The highest BCUT2D eigenvalue weighted by Gasteiger charge is 2.31. The molecule has 1 N–H and O–H groups in total. The van der Waals surface area contributed by atoms with Gasteiger partial charge in [0, 0.05) is 20.5 Å². The molecule has 1 saturated heterocycles. The van der Waals surface area contributed by atoms with Crippen molar-refractivity contribution in [1.29, 1.82) is 0 Å². The first kappa shape index (κ1) is 19.7. The largest absolute Gasteiger partial charge is 0.361 e. The van der Waals surface area contributed by atoms with Crippen LogP contribution >= 0.6 is 0 Å². The number of anilines is 2. The van der Waals surface area contributed by atoms with E-state index in [-0.39, 0.29) is 11.8 Å². The third kappa shape index (κ3) is 4.13. The molecule has 6 nitrogen and oxygen atoms in total. The van der Waals surface area contributed by atoms with Gasteiger partial charge in [0.05, 0.1) is 11.4 Å². The third-order valence-electron chi connectivity index (χ3n) is 4.05. The van der Waals surface area contributed by atoms with E-state index < -0.39 is 6.04 Å². The molecule has 1 aromatic carbocycles. The normalized spacial score (nSPS) is 16.6. The van der Waals surface area contributed by atoms with Crippen molar-refractivity contribution in [3.05, 3.63) is 23.8 Å². The predicted molar refractivity (Wildman–Crippen MR) is 96.2 cm³/mol. The minimum absolute atomic E-state index is 0.234. The van der Waals surface area contributed by atoms with Gasteiger partial charge in [-0.1, -0.05) is 32.9 Å². The first-order valence-electron chi connectivity index (χ1n) is 8.36. The van der Waals surface area contributed by atoms with Gasteiger partial charge >= 0.3 is 0 Å². The summed E-state index contributed by atoms with van der Waals surface area (Å²) in [6, 6.07) is 5.36. The van der Waals surface area contributed by atoms with Crippen LogP contribution in [-0.2, 0) is 20.8 Å². The molecule has 0 bridgehead atoms. The zero-order chi connectivity index (χ0) is 18.3. The number of hydrogen-bond acceptors (Lipinski definition) is 4. The summed E-state index contributed by atoms with van der Waals surface area (Å²) in [4.78, 5) is 37.9. The third-order valence-corrected chi connectivity index (χ3v) is 4.05. The van der Waals surface area contributed by atoms with Crippen LogP contribution in [0.15, 0.2) is 18.2 Å². The van der Waals surface area contributed by atoms with Crippen LogP contribution in [0.4, 0.5) is 11.4 Å². The molecule has 2 rings (SSSR count). The zero-order valence-corrected chi connectivity index (χ0v) is 15.1. The average molecular weight is 333 g/mol. The standard InChI is InChI=1S/C16H21N3O3.C2H6/c1-4-11-6-5-7-12(15(11)18(2)10-20)19(3)13-8-9-14(21)17-16(13)22;1-2/h5-7,10,13H,4,8-9H2,1-3H3,(H,17,21,22);1-2H3. The van der Waals surface area contributed by atoms with E-state index in [0.717, 1.165) is 29.8 Å². The number of carbonyl (C=O) groups is 3. The van der Waals surface area contributed by atoms with Gasteiger partial charge in [0.1, 0.15) is 6.04 Å². The van der Waals surface area contributed by atoms with Crippen molar-refractivity contribution >= 4 is 29.6 Å². The molecular weight excluding hydrogens is 306 g/mol. The molecule has 0 radical (unpaired) electrons. The van der Waals surface area contributed by atoms with E-state index in [2.05, 4.69) is 5.32 Å². The maximum Gasteiger partial charge on any atom is 0.249 e. The fraction of sp³-hybridized carbons (Fsp3) is 0.500. The summed E-state index contributed by atoms with van der Waals surface area (Å²) in [5.41, 5.74) is 2.64. The zero-order valence-electron chi connectivity index (χ0n) is 15.1. The molecule has 1 fully saturated rings. The Hall–Kier alpha value is -2.37. The maximum atomic E-state index is 12.1. The first-order chi connectivity index (χ1) is 11.5. The number of aryl methyl sites for hydroxylation is 1. The van der Waals surface area contributed by atoms with Crippen LogP contribution in [0, 0.1) is 0 Å². The van der Waals surface area contributed by atoms with Gasteiger partial charge in [-0.3, -0.25) is 19.7 Å². The number of likely N-dealkylation sites (N-methyl/N-ethyl adjacent to an activating group) is 1. The maximum absolute atomic E-state index is 12.1. The monoisotopic (exact) mass is 333 g/mol. The Morgan fingerprint density at radius 2 is 1.92 bits per heavy atom. The Morgan fingerprint density at radius 3 is 2.46 bits per heavy atom. The first-order valence-corrected chi connectivity index (χ1v) is 8.36. The second kappa shape index (κ2) is 9.05. The molecule has 3 amide bonds. The Labute approximate surface area is 143 Å². The number of nitrogens with one attached hydrogen (secondary N) is 1. The van der Waals surface area contributed by atoms with Crippen LogP contribution in [0.2, 0.25) is 0 Å². The Bertz CT molecular complexity index is 601. The number of nitrogens with zero attached hydrogens (tertiary/aromatic N) is 2. The molecule has 1 unspecified atom stereocenters. The number of para-hydroxylation sites is 1. The fourth-order valence-corrected chi connectivity index (χ4v) is 2.83. The van der Waals surface area contributed by atoms with Crippen LogP contribution in [0.25, 0.3) is 0 Å². The van der Waals surface area contributed by atoms with E-state index in [1.807, 2.05) is 50.9 Å². The average Bonchev–Trinajstić information content (AvgIpc) is 2.61. The van der Waals surface area contributed by atoms with Gasteiger partial charge in [-0.05, 0) is 24.5 Å². The van der Waals surface area contributed by atoms with Crippen molar-refractivity contribution in [2.24, 2.45) is 0 Å². The van der Waals surface area contributed by atoms with Crippen molar-refractivity contribution in [1.82, 2.24) is 5.32 Å². The van der Waals surface area contributed by atoms with Crippen molar-refractivity contribution in [2.75, 3.05) is 23.9 Å². The second-order valence-corrected chi connectivity index (χ2v) is 5.43. The van der Waals surface area contributed by atoms with E-state index in [9.17, 15) is 14.4 Å². The van der Waals surface area contributed by atoms with E-state index in [1.165, 1.54) is 4.90 Å². The molecule has 0 aliphatic carbocycles. The second-order valence-electron chi connectivity index (χ2n) is 5.43. The molecule has 1 heterocycles. The van der Waals surface area contributed by atoms with Crippen LogP contribution < -0.4 is 15.1 Å². The summed E-state index contributed by atoms with van der Waals surface area (Å²) >= 11 is 0. The van der Waals surface area contributed by atoms with Crippen LogP contribution in [0.3, 0.4) is 0 Å². The molecule has 24 heavy (non-hydrogen) atoms.